The van der Waals surface area contributed by atoms with Gasteiger partial charge in [-0.3, -0.25) is 9.78 Å². The molecule has 0 aliphatic carbocycles. The second-order valence-electron chi connectivity index (χ2n) is 4.54. The van der Waals surface area contributed by atoms with Gasteiger partial charge in [0.05, 0.1) is 17.7 Å². The number of aromatic nitrogens is 1. The van der Waals surface area contributed by atoms with Crippen molar-refractivity contribution < 1.29 is 9.90 Å². The van der Waals surface area contributed by atoms with Gasteiger partial charge in [-0.1, -0.05) is 0 Å². The molecule has 2 rings (SSSR count). The van der Waals surface area contributed by atoms with E-state index in [1.165, 1.54) is 4.90 Å². The SMILES string of the molecule is Cc1cc(C(=O)N(C)CCO)c2cc(N)ccc2n1. The van der Waals surface area contributed by atoms with Crippen molar-refractivity contribution in [2.75, 3.05) is 25.9 Å². The lowest BCUT2D eigenvalue weighted by Gasteiger charge is -2.17. The van der Waals surface area contributed by atoms with Crippen LogP contribution in [0.25, 0.3) is 10.9 Å². The lowest BCUT2D eigenvalue weighted by Crippen LogP contribution is -2.29. The number of hydrogen-bond acceptors (Lipinski definition) is 4. The first-order valence-corrected chi connectivity index (χ1v) is 6.06. The predicted molar refractivity (Wildman–Crippen MR) is 74.9 cm³/mol. The maximum atomic E-state index is 12.4. The first-order chi connectivity index (χ1) is 9.02. The molecule has 0 saturated heterocycles. The number of amides is 1. The third kappa shape index (κ3) is 2.66. The Kier molecular flexibility index (Phi) is 3.66. The number of likely N-dealkylation sites (N-methyl/N-ethyl adjacent to an activating group) is 1. The summed E-state index contributed by atoms with van der Waals surface area (Å²) in [4.78, 5) is 18.2. The summed E-state index contributed by atoms with van der Waals surface area (Å²) in [5, 5.41) is 9.65. The van der Waals surface area contributed by atoms with E-state index in [1.54, 1.807) is 31.3 Å². The van der Waals surface area contributed by atoms with E-state index in [9.17, 15) is 4.79 Å². The van der Waals surface area contributed by atoms with E-state index < -0.39 is 0 Å². The molecule has 0 radical (unpaired) electrons. The molecule has 5 heteroatoms. The number of aryl methyl sites for hydroxylation is 1. The Labute approximate surface area is 111 Å². The van der Waals surface area contributed by atoms with Gasteiger partial charge in [-0.25, -0.2) is 0 Å². The number of nitrogens with zero attached hydrogens (tertiary/aromatic N) is 2. The molecule has 0 fully saturated rings. The first-order valence-electron chi connectivity index (χ1n) is 6.06. The van der Waals surface area contributed by atoms with E-state index in [1.807, 2.05) is 6.92 Å². The standard InChI is InChI=1S/C14H17N3O2/c1-9-7-12(14(19)17(2)5-6-18)11-8-10(15)3-4-13(11)16-9/h3-4,7-8,18H,5-6,15H2,1-2H3. The highest BCUT2D eigenvalue weighted by atomic mass is 16.3. The topological polar surface area (TPSA) is 79.5 Å². The number of carbonyl (C=O) groups excluding carboxylic acids is 1. The Morgan fingerprint density at radius 3 is 2.84 bits per heavy atom. The van der Waals surface area contributed by atoms with Gasteiger partial charge in [0.1, 0.15) is 0 Å². The zero-order valence-corrected chi connectivity index (χ0v) is 11.1. The molecule has 0 spiro atoms. The van der Waals surface area contributed by atoms with Gasteiger partial charge < -0.3 is 15.7 Å². The summed E-state index contributed by atoms with van der Waals surface area (Å²) in [5.74, 6) is -0.143. The minimum Gasteiger partial charge on any atom is -0.399 e. The molecule has 2 aromatic rings. The van der Waals surface area contributed by atoms with Crippen LogP contribution in [0.2, 0.25) is 0 Å². The number of anilines is 1. The molecule has 5 nitrogen and oxygen atoms in total. The Bertz CT molecular complexity index is 625. The number of hydrogen-bond donors (Lipinski definition) is 2. The van der Waals surface area contributed by atoms with Crippen molar-refractivity contribution in [3.63, 3.8) is 0 Å². The zero-order chi connectivity index (χ0) is 14.0. The molecule has 1 heterocycles. The second kappa shape index (κ2) is 5.24. The molecule has 1 aromatic heterocycles. The van der Waals surface area contributed by atoms with E-state index in [2.05, 4.69) is 4.98 Å². The average molecular weight is 259 g/mol. The van der Waals surface area contributed by atoms with Crippen LogP contribution >= 0.6 is 0 Å². The number of rotatable bonds is 3. The fourth-order valence-corrected chi connectivity index (χ4v) is 2.01. The van der Waals surface area contributed by atoms with Gasteiger partial charge in [0.2, 0.25) is 0 Å². The Morgan fingerprint density at radius 2 is 2.16 bits per heavy atom. The first kappa shape index (κ1) is 13.3. The molecule has 0 saturated carbocycles. The molecular weight excluding hydrogens is 242 g/mol. The van der Waals surface area contributed by atoms with Crippen molar-refractivity contribution in [2.45, 2.75) is 6.92 Å². The Hall–Kier alpha value is -2.14. The van der Waals surface area contributed by atoms with Crippen molar-refractivity contribution in [2.24, 2.45) is 0 Å². The third-order valence-electron chi connectivity index (χ3n) is 2.97. The summed E-state index contributed by atoms with van der Waals surface area (Å²) in [6.07, 6.45) is 0. The average Bonchev–Trinajstić information content (AvgIpc) is 2.38. The van der Waals surface area contributed by atoms with Crippen LogP contribution in [0.5, 0.6) is 0 Å². The molecule has 19 heavy (non-hydrogen) atoms. The van der Waals surface area contributed by atoms with Crippen molar-refractivity contribution in [1.29, 1.82) is 0 Å². The third-order valence-corrected chi connectivity index (χ3v) is 2.97. The van der Waals surface area contributed by atoms with Gasteiger partial charge in [-0.15, -0.1) is 0 Å². The number of carbonyl (C=O) groups is 1. The van der Waals surface area contributed by atoms with E-state index in [-0.39, 0.29) is 12.5 Å². The lowest BCUT2D eigenvalue weighted by atomic mass is 10.1. The Balaban J connectivity index is 2.58. The van der Waals surface area contributed by atoms with E-state index in [4.69, 9.17) is 10.8 Å². The van der Waals surface area contributed by atoms with E-state index in [0.29, 0.717) is 17.8 Å². The quantitative estimate of drug-likeness (QED) is 0.811. The van der Waals surface area contributed by atoms with E-state index >= 15 is 0 Å². The Morgan fingerprint density at radius 1 is 1.42 bits per heavy atom. The number of nitrogens with two attached hydrogens (primary N) is 1. The number of pyridine rings is 1. The highest BCUT2D eigenvalue weighted by Gasteiger charge is 2.15. The van der Waals surface area contributed by atoms with Gasteiger partial charge >= 0.3 is 0 Å². The van der Waals surface area contributed by atoms with Crippen LogP contribution in [0.3, 0.4) is 0 Å². The maximum Gasteiger partial charge on any atom is 0.254 e. The van der Waals surface area contributed by atoms with Gasteiger partial charge in [0, 0.05) is 30.4 Å². The number of benzene rings is 1. The van der Waals surface area contributed by atoms with Crippen molar-refractivity contribution in [1.82, 2.24) is 9.88 Å². The minimum absolute atomic E-state index is 0.0631. The number of aliphatic hydroxyl groups is 1. The fourth-order valence-electron chi connectivity index (χ4n) is 2.01. The molecule has 100 valence electrons. The fraction of sp³-hybridized carbons (Fsp3) is 0.286. The lowest BCUT2D eigenvalue weighted by molar-refractivity contribution is 0.0768. The molecule has 3 N–H and O–H groups in total. The monoisotopic (exact) mass is 259 g/mol. The molecule has 0 bridgehead atoms. The predicted octanol–water partition coefficient (Wildman–Crippen LogP) is 1.19. The summed E-state index contributed by atoms with van der Waals surface area (Å²) < 4.78 is 0. The molecule has 0 aliphatic rings. The van der Waals surface area contributed by atoms with Crippen molar-refractivity contribution in [3.8, 4) is 0 Å². The minimum atomic E-state index is -0.143. The van der Waals surface area contributed by atoms with Gasteiger partial charge in [0.15, 0.2) is 0 Å². The summed E-state index contributed by atoms with van der Waals surface area (Å²) in [6, 6.07) is 7.07. The normalized spacial score (nSPS) is 10.7. The summed E-state index contributed by atoms with van der Waals surface area (Å²) >= 11 is 0. The van der Waals surface area contributed by atoms with Crippen LogP contribution in [0, 0.1) is 6.92 Å². The molecule has 0 atom stereocenters. The van der Waals surface area contributed by atoms with Crippen LogP contribution in [-0.4, -0.2) is 41.1 Å². The van der Waals surface area contributed by atoms with Crippen LogP contribution in [0.1, 0.15) is 16.1 Å². The molecule has 1 amide bonds. The van der Waals surface area contributed by atoms with Gasteiger partial charge in [0.25, 0.3) is 5.91 Å². The van der Waals surface area contributed by atoms with Crippen molar-refractivity contribution >= 4 is 22.5 Å². The number of fused-ring (bicyclic) bond motifs is 1. The highest BCUT2D eigenvalue weighted by molar-refractivity contribution is 6.06. The molecule has 1 aromatic carbocycles. The number of nitrogen functional groups attached to an aromatic ring is 1. The zero-order valence-electron chi connectivity index (χ0n) is 11.1. The maximum absolute atomic E-state index is 12.4. The second-order valence-corrected chi connectivity index (χ2v) is 4.54. The summed E-state index contributed by atoms with van der Waals surface area (Å²) in [7, 11) is 1.66. The smallest absolute Gasteiger partial charge is 0.254 e. The van der Waals surface area contributed by atoms with Crippen molar-refractivity contribution in [3.05, 3.63) is 35.5 Å². The molecular formula is C14H17N3O2. The van der Waals surface area contributed by atoms with Crippen LogP contribution in [-0.2, 0) is 0 Å². The highest BCUT2D eigenvalue weighted by Crippen LogP contribution is 2.22. The largest absolute Gasteiger partial charge is 0.399 e. The van der Waals surface area contributed by atoms with Crippen LogP contribution in [0.4, 0.5) is 5.69 Å². The van der Waals surface area contributed by atoms with Gasteiger partial charge in [-0.2, -0.15) is 0 Å². The molecule has 0 aliphatic heterocycles. The van der Waals surface area contributed by atoms with Crippen LogP contribution in [0.15, 0.2) is 24.3 Å². The van der Waals surface area contributed by atoms with E-state index in [0.717, 1.165) is 16.6 Å². The summed E-state index contributed by atoms with van der Waals surface area (Å²) in [5.41, 5.74) is 8.45. The van der Waals surface area contributed by atoms with Crippen LogP contribution < -0.4 is 5.73 Å². The number of aliphatic hydroxyl groups excluding tert-OH is 1. The van der Waals surface area contributed by atoms with Gasteiger partial charge in [-0.05, 0) is 31.2 Å². The molecule has 0 unspecified atom stereocenters. The summed E-state index contributed by atoms with van der Waals surface area (Å²) in [6.45, 7) is 2.08.